The first-order valence-corrected chi connectivity index (χ1v) is 10.4. The van der Waals surface area contributed by atoms with E-state index in [9.17, 15) is 4.79 Å². The van der Waals surface area contributed by atoms with E-state index in [1.165, 1.54) is 11.1 Å². The van der Waals surface area contributed by atoms with E-state index in [-0.39, 0.29) is 5.91 Å². The molecule has 0 aliphatic rings. The van der Waals surface area contributed by atoms with Crippen LogP contribution in [0.1, 0.15) is 28.9 Å². The van der Waals surface area contributed by atoms with Crippen LogP contribution in [0.3, 0.4) is 0 Å². The first-order valence-electron chi connectivity index (χ1n) is 10.4. The van der Waals surface area contributed by atoms with Gasteiger partial charge in [-0.3, -0.25) is 4.79 Å². The lowest BCUT2D eigenvalue weighted by Gasteiger charge is -2.10. The van der Waals surface area contributed by atoms with Crippen LogP contribution in [0.25, 0.3) is 11.2 Å². The van der Waals surface area contributed by atoms with Gasteiger partial charge in [0.15, 0.2) is 5.65 Å². The third-order valence-corrected chi connectivity index (χ3v) is 5.23. The molecule has 0 saturated heterocycles. The second-order valence-corrected chi connectivity index (χ2v) is 7.57. The molecule has 4 aromatic rings. The molecule has 0 radical (unpaired) electrons. The number of pyridine rings is 1. The number of rotatable bonds is 8. The number of amides is 1. The molecule has 0 fully saturated rings. The van der Waals surface area contributed by atoms with Crippen LogP contribution in [0.15, 0.2) is 66.9 Å². The Bertz CT molecular complexity index is 1180. The first-order chi connectivity index (χ1) is 15.1. The molecule has 6 nitrogen and oxygen atoms in total. The van der Waals surface area contributed by atoms with Gasteiger partial charge in [-0.05, 0) is 42.3 Å². The fourth-order valence-corrected chi connectivity index (χ4v) is 3.61. The number of carbonyl (C=O) groups is 1. The Morgan fingerprint density at radius 2 is 1.90 bits per heavy atom. The van der Waals surface area contributed by atoms with Crippen LogP contribution in [0.2, 0.25) is 0 Å². The monoisotopic (exact) mass is 414 g/mol. The molecule has 1 amide bonds. The van der Waals surface area contributed by atoms with E-state index in [4.69, 9.17) is 9.72 Å². The minimum absolute atomic E-state index is 0.00191. The maximum atomic E-state index is 12.5. The summed E-state index contributed by atoms with van der Waals surface area (Å²) in [7, 11) is 1.64. The molecule has 2 heterocycles. The van der Waals surface area contributed by atoms with E-state index in [1.54, 1.807) is 13.3 Å². The van der Waals surface area contributed by atoms with Gasteiger partial charge in [-0.1, -0.05) is 42.0 Å². The van der Waals surface area contributed by atoms with Crippen molar-refractivity contribution in [1.29, 1.82) is 0 Å². The van der Waals surface area contributed by atoms with Crippen molar-refractivity contribution in [3.63, 3.8) is 0 Å². The highest BCUT2D eigenvalue weighted by Crippen LogP contribution is 2.18. The maximum absolute atomic E-state index is 12.5. The largest absolute Gasteiger partial charge is 0.497 e. The predicted molar refractivity (Wildman–Crippen MR) is 121 cm³/mol. The summed E-state index contributed by atoms with van der Waals surface area (Å²) in [4.78, 5) is 21.7. The van der Waals surface area contributed by atoms with Crippen LogP contribution in [-0.4, -0.2) is 27.6 Å². The smallest absolute Gasteiger partial charge is 0.220 e. The Labute approximate surface area is 181 Å². The van der Waals surface area contributed by atoms with E-state index >= 15 is 0 Å². The van der Waals surface area contributed by atoms with E-state index in [1.807, 2.05) is 36.4 Å². The van der Waals surface area contributed by atoms with Crippen molar-refractivity contribution in [1.82, 2.24) is 19.9 Å². The average molecular weight is 415 g/mol. The van der Waals surface area contributed by atoms with Crippen molar-refractivity contribution in [2.24, 2.45) is 0 Å². The fourth-order valence-electron chi connectivity index (χ4n) is 3.61. The molecule has 0 atom stereocenters. The fraction of sp³-hybridized carbons (Fsp3) is 0.240. The molecule has 0 unspecified atom stereocenters. The van der Waals surface area contributed by atoms with Crippen molar-refractivity contribution < 1.29 is 9.53 Å². The highest BCUT2D eigenvalue weighted by atomic mass is 16.5. The number of hydrogen-bond acceptors (Lipinski definition) is 4. The number of methoxy groups -OCH3 is 1. The van der Waals surface area contributed by atoms with Gasteiger partial charge in [0.05, 0.1) is 13.7 Å². The minimum atomic E-state index is -0.00191. The number of ether oxygens (including phenoxy) is 1. The number of hydrogen-bond donors (Lipinski definition) is 1. The summed E-state index contributed by atoms with van der Waals surface area (Å²) in [5.41, 5.74) is 5.14. The number of nitrogens with one attached hydrogen (secondary N) is 1. The summed E-state index contributed by atoms with van der Waals surface area (Å²) in [5, 5.41) is 2.98. The lowest BCUT2D eigenvalue weighted by atomic mass is 10.1. The molecule has 0 aliphatic carbocycles. The molecule has 0 bridgehead atoms. The molecule has 1 N–H and O–H groups in total. The molecule has 158 valence electrons. The molecule has 6 heteroatoms. The van der Waals surface area contributed by atoms with Crippen LogP contribution >= 0.6 is 0 Å². The van der Waals surface area contributed by atoms with Gasteiger partial charge in [0.25, 0.3) is 0 Å². The topological polar surface area (TPSA) is 69.0 Å². The summed E-state index contributed by atoms with van der Waals surface area (Å²) < 4.78 is 7.28. The molecule has 0 saturated carbocycles. The van der Waals surface area contributed by atoms with Crippen LogP contribution in [0.4, 0.5) is 0 Å². The van der Waals surface area contributed by atoms with Gasteiger partial charge in [0.2, 0.25) is 5.91 Å². The molecular weight excluding hydrogens is 388 g/mol. The van der Waals surface area contributed by atoms with Gasteiger partial charge < -0.3 is 14.6 Å². The SMILES string of the molecule is COc1ccc(CNC(=O)CCc2nc3cccnc3n2Cc2cccc(C)c2)cc1. The molecule has 2 aromatic carbocycles. The van der Waals surface area contributed by atoms with E-state index in [0.717, 1.165) is 28.3 Å². The Morgan fingerprint density at radius 1 is 1.06 bits per heavy atom. The zero-order chi connectivity index (χ0) is 21.6. The van der Waals surface area contributed by atoms with Crippen molar-refractivity contribution in [3.05, 3.63) is 89.4 Å². The van der Waals surface area contributed by atoms with Gasteiger partial charge in [-0.2, -0.15) is 0 Å². The summed E-state index contributed by atoms with van der Waals surface area (Å²) in [5.74, 6) is 1.67. The van der Waals surface area contributed by atoms with Crippen molar-refractivity contribution in [3.8, 4) is 5.75 Å². The second-order valence-electron chi connectivity index (χ2n) is 7.57. The first kappa shape index (κ1) is 20.6. The van der Waals surface area contributed by atoms with Crippen LogP contribution < -0.4 is 10.1 Å². The van der Waals surface area contributed by atoms with E-state index in [2.05, 4.69) is 46.1 Å². The standard InChI is InChI=1S/C25H26N4O2/c1-18-5-3-6-20(15-18)17-29-23(28-22-7-4-14-26-25(22)29)12-13-24(30)27-16-19-8-10-21(31-2)11-9-19/h3-11,14-15H,12-13,16-17H2,1-2H3,(H,27,30). The number of carbonyl (C=O) groups excluding carboxylic acids is 1. The highest BCUT2D eigenvalue weighted by Gasteiger charge is 2.14. The lowest BCUT2D eigenvalue weighted by molar-refractivity contribution is -0.121. The molecule has 0 spiro atoms. The Kier molecular flexibility index (Phi) is 6.26. The summed E-state index contributed by atoms with van der Waals surface area (Å²) >= 11 is 0. The molecular formula is C25H26N4O2. The van der Waals surface area contributed by atoms with Crippen molar-refractivity contribution >= 4 is 17.1 Å². The Morgan fingerprint density at radius 3 is 2.68 bits per heavy atom. The van der Waals surface area contributed by atoms with Gasteiger partial charge in [0.1, 0.15) is 17.1 Å². The molecule has 0 aliphatic heterocycles. The lowest BCUT2D eigenvalue weighted by Crippen LogP contribution is -2.23. The van der Waals surface area contributed by atoms with Gasteiger partial charge >= 0.3 is 0 Å². The third-order valence-electron chi connectivity index (χ3n) is 5.23. The normalized spacial score (nSPS) is 10.9. The van der Waals surface area contributed by atoms with E-state index in [0.29, 0.717) is 25.9 Å². The molecule has 4 rings (SSSR count). The Balaban J connectivity index is 1.44. The van der Waals surface area contributed by atoms with Gasteiger partial charge in [-0.25, -0.2) is 9.97 Å². The highest BCUT2D eigenvalue weighted by molar-refractivity contribution is 5.76. The molecule has 31 heavy (non-hydrogen) atoms. The van der Waals surface area contributed by atoms with Crippen molar-refractivity contribution in [2.45, 2.75) is 32.9 Å². The van der Waals surface area contributed by atoms with Crippen LogP contribution in [0, 0.1) is 6.92 Å². The summed E-state index contributed by atoms with van der Waals surface area (Å²) in [6.07, 6.45) is 2.70. The van der Waals surface area contributed by atoms with Crippen LogP contribution in [0.5, 0.6) is 5.75 Å². The van der Waals surface area contributed by atoms with E-state index < -0.39 is 0 Å². The average Bonchev–Trinajstić information content (AvgIpc) is 3.14. The zero-order valence-corrected chi connectivity index (χ0v) is 17.8. The number of fused-ring (bicyclic) bond motifs is 1. The minimum Gasteiger partial charge on any atom is -0.497 e. The van der Waals surface area contributed by atoms with Gasteiger partial charge in [0, 0.05) is 25.6 Å². The Hall–Kier alpha value is -3.67. The summed E-state index contributed by atoms with van der Waals surface area (Å²) in [6, 6.07) is 19.9. The molecule has 2 aromatic heterocycles. The zero-order valence-electron chi connectivity index (χ0n) is 17.8. The van der Waals surface area contributed by atoms with Crippen molar-refractivity contribution in [2.75, 3.05) is 7.11 Å². The third kappa shape index (κ3) is 5.09. The predicted octanol–water partition coefficient (Wildman–Crippen LogP) is 4.05. The van der Waals surface area contributed by atoms with Crippen LogP contribution in [-0.2, 0) is 24.3 Å². The maximum Gasteiger partial charge on any atom is 0.220 e. The second kappa shape index (κ2) is 9.43. The number of imidazole rings is 1. The number of nitrogens with zero attached hydrogens (tertiary/aromatic N) is 3. The number of aryl methyl sites for hydroxylation is 2. The van der Waals surface area contributed by atoms with Gasteiger partial charge in [-0.15, -0.1) is 0 Å². The number of aromatic nitrogens is 3. The summed E-state index contributed by atoms with van der Waals surface area (Å²) in [6.45, 7) is 3.25. The number of benzene rings is 2. The quantitative estimate of drug-likeness (QED) is 0.472.